The van der Waals surface area contributed by atoms with Crippen molar-refractivity contribution in [3.05, 3.63) is 16.6 Å². The average Bonchev–Trinajstić information content (AvgIpc) is 3.09. The van der Waals surface area contributed by atoms with Gasteiger partial charge in [-0.3, -0.25) is 14.3 Å². The van der Waals surface area contributed by atoms with Gasteiger partial charge in [0.15, 0.2) is 0 Å². The molecule has 1 saturated carbocycles. The van der Waals surface area contributed by atoms with Crippen LogP contribution in [-0.2, 0) is 18.4 Å². The highest BCUT2D eigenvalue weighted by Crippen LogP contribution is 2.42. The Morgan fingerprint density at radius 2 is 2.08 bits per heavy atom. The molecule has 2 aromatic rings. The summed E-state index contributed by atoms with van der Waals surface area (Å²) < 4.78 is 27.4. The minimum absolute atomic E-state index is 0.133. The maximum atomic E-state index is 12.9. The van der Waals surface area contributed by atoms with Gasteiger partial charge in [-0.15, -0.1) is 11.3 Å². The molecule has 2 amide bonds. The number of hydrogen-bond donors (Lipinski definition) is 2. The first kappa shape index (κ1) is 18.8. The Morgan fingerprint density at radius 3 is 2.69 bits per heavy atom. The maximum Gasteiger partial charge on any atom is 0.261 e. The van der Waals surface area contributed by atoms with Gasteiger partial charge in [0.2, 0.25) is 11.8 Å². The first-order chi connectivity index (χ1) is 12.2. The molecule has 0 aromatic carbocycles. The summed E-state index contributed by atoms with van der Waals surface area (Å²) >= 11 is 1.34. The zero-order chi connectivity index (χ0) is 19.1. The Hall–Kier alpha value is -2.03. The predicted molar refractivity (Wildman–Crippen MR) is 95.3 cm³/mol. The first-order valence-corrected chi connectivity index (χ1v) is 9.37. The van der Waals surface area contributed by atoms with Crippen molar-refractivity contribution in [1.29, 1.82) is 0 Å². The highest BCUT2D eigenvalue weighted by molar-refractivity contribution is 7.20. The average molecular weight is 384 g/mol. The molecule has 0 bridgehead atoms. The number of alkyl halides is 2. The van der Waals surface area contributed by atoms with E-state index in [1.54, 1.807) is 17.8 Å². The molecule has 1 aliphatic rings. The van der Waals surface area contributed by atoms with Crippen LogP contribution in [0.2, 0.25) is 0 Å². The molecule has 0 spiro atoms. The number of hydrogen-bond acceptors (Lipinski definition) is 4. The maximum absolute atomic E-state index is 12.9. The second-order valence-electron chi connectivity index (χ2n) is 7.18. The quantitative estimate of drug-likeness (QED) is 0.804. The van der Waals surface area contributed by atoms with Crippen molar-refractivity contribution in [3.63, 3.8) is 0 Å². The number of amides is 2. The summed E-state index contributed by atoms with van der Waals surface area (Å²) in [6.07, 6.45) is -0.788. The Labute approximate surface area is 153 Å². The lowest BCUT2D eigenvalue weighted by Gasteiger charge is -2.33. The third-order valence-corrected chi connectivity index (χ3v) is 5.57. The highest BCUT2D eigenvalue weighted by atomic mass is 32.1. The summed E-state index contributed by atoms with van der Waals surface area (Å²) in [7, 11) is 1.77. The van der Waals surface area contributed by atoms with Crippen LogP contribution in [0.1, 0.15) is 42.1 Å². The van der Waals surface area contributed by atoms with Gasteiger partial charge < -0.3 is 10.6 Å². The Kier molecular flexibility index (Phi) is 5.01. The smallest absolute Gasteiger partial charge is 0.261 e. The topological polar surface area (TPSA) is 76.0 Å². The second-order valence-corrected chi connectivity index (χ2v) is 8.21. The number of aryl methyl sites for hydroxylation is 1. The molecule has 2 heterocycles. The van der Waals surface area contributed by atoms with E-state index in [0.29, 0.717) is 23.0 Å². The van der Waals surface area contributed by atoms with Crippen molar-refractivity contribution in [3.8, 4) is 0 Å². The lowest BCUT2D eigenvalue weighted by molar-refractivity contribution is -0.150. The Bertz CT molecular complexity index is 835. The fraction of sp³-hybridized carbons (Fsp3) is 0.588. The molecule has 2 N–H and O–H groups in total. The van der Waals surface area contributed by atoms with Gasteiger partial charge in [-0.05, 0) is 12.0 Å². The van der Waals surface area contributed by atoms with E-state index < -0.39 is 24.7 Å². The van der Waals surface area contributed by atoms with Gasteiger partial charge in [-0.2, -0.15) is 5.10 Å². The summed E-state index contributed by atoms with van der Waals surface area (Å²) in [6.45, 7) is 4.80. The number of aromatic nitrogens is 2. The molecule has 0 unspecified atom stereocenters. The van der Waals surface area contributed by atoms with E-state index in [9.17, 15) is 18.4 Å². The molecular weight excluding hydrogens is 362 g/mol. The molecular formula is C17H22F2N4O2S. The minimum atomic E-state index is -2.72. The number of nitrogens with one attached hydrogen (secondary N) is 2. The summed E-state index contributed by atoms with van der Waals surface area (Å²) in [4.78, 5) is 25.6. The molecule has 0 radical (unpaired) electrons. The van der Waals surface area contributed by atoms with Gasteiger partial charge >= 0.3 is 0 Å². The molecule has 0 atom stereocenters. The summed E-state index contributed by atoms with van der Waals surface area (Å²) in [5.74, 6) is -3.50. The van der Waals surface area contributed by atoms with E-state index in [0.717, 1.165) is 10.2 Å². The van der Waals surface area contributed by atoms with Crippen molar-refractivity contribution < 1.29 is 18.4 Å². The summed E-state index contributed by atoms with van der Waals surface area (Å²) in [6, 6.07) is 1.77. The molecule has 1 fully saturated rings. The predicted octanol–water partition coefficient (Wildman–Crippen LogP) is 2.68. The summed E-state index contributed by atoms with van der Waals surface area (Å²) in [5, 5.41) is 10.7. The number of rotatable bonds is 6. The monoisotopic (exact) mass is 384 g/mol. The van der Waals surface area contributed by atoms with Crippen LogP contribution >= 0.6 is 11.3 Å². The molecule has 6 nitrogen and oxygen atoms in total. The van der Waals surface area contributed by atoms with E-state index in [-0.39, 0.29) is 18.4 Å². The van der Waals surface area contributed by atoms with Gasteiger partial charge in [0.05, 0.1) is 17.1 Å². The zero-order valence-electron chi connectivity index (χ0n) is 14.9. The molecule has 0 aliphatic heterocycles. The molecule has 26 heavy (non-hydrogen) atoms. The molecule has 3 rings (SSSR count). The van der Waals surface area contributed by atoms with Crippen LogP contribution in [0.4, 0.5) is 8.78 Å². The van der Waals surface area contributed by atoms with Gasteiger partial charge in [0.25, 0.3) is 5.91 Å². The number of carbonyl (C=O) groups is 2. The first-order valence-electron chi connectivity index (χ1n) is 8.55. The highest BCUT2D eigenvalue weighted by Gasteiger charge is 2.48. The zero-order valence-corrected chi connectivity index (χ0v) is 15.8. The van der Waals surface area contributed by atoms with Crippen molar-refractivity contribution in [1.82, 2.24) is 20.4 Å². The third-order valence-electron chi connectivity index (χ3n) is 4.37. The molecule has 142 valence electrons. The van der Waals surface area contributed by atoms with E-state index in [1.165, 1.54) is 11.3 Å². The van der Waals surface area contributed by atoms with Crippen molar-refractivity contribution in [2.75, 3.05) is 6.54 Å². The Morgan fingerprint density at radius 1 is 1.38 bits per heavy atom. The van der Waals surface area contributed by atoms with E-state index in [1.807, 2.05) is 13.8 Å². The van der Waals surface area contributed by atoms with Crippen molar-refractivity contribution in [2.45, 2.75) is 39.2 Å². The normalized spacial score (nSPS) is 16.7. The van der Waals surface area contributed by atoms with Crippen LogP contribution in [-0.4, -0.2) is 34.1 Å². The fourth-order valence-electron chi connectivity index (χ4n) is 2.90. The van der Waals surface area contributed by atoms with Gasteiger partial charge in [0.1, 0.15) is 4.83 Å². The molecule has 0 saturated heterocycles. The fourth-order valence-corrected chi connectivity index (χ4v) is 3.91. The third kappa shape index (κ3) is 3.87. The summed E-state index contributed by atoms with van der Waals surface area (Å²) in [5.41, 5.74) is 0.626. The standard InChI is InChI=1S/C17H22F2N4O2S/c1-9(2)7-20-15(25)13-4-11-12(22-23(3)16(11)26-13)8-21-14(24)10-5-17(18,19)6-10/h4,9-10H,5-8H2,1-3H3,(H,20,25)(H,21,24). The van der Waals surface area contributed by atoms with E-state index in [2.05, 4.69) is 15.7 Å². The minimum Gasteiger partial charge on any atom is -0.351 e. The van der Waals surface area contributed by atoms with Crippen molar-refractivity contribution >= 4 is 33.4 Å². The number of nitrogens with zero attached hydrogens (tertiary/aromatic N) is 2. The number of halogens is 2. The van der Waals surface area contributed by atoms with Crippen LogP contribution in [0.5, 0.6) is 0 Å². The van der Waals surface area contributed by atoms with Crippen LogP contribution in [0.3, 0.4) is 0 Å². The van der Waals surface area contributed by atoms with Gasteiger partial charge in [-0.25, -0.2) is 8.78 Å². The van der Waals surface area contributed by atoms with Crippen LogP contribution in [0.15, 0.2) is 6.07 Å². The number of fused-ring (bicyclic) bond motifs is 1. The number of thiophene rings is 1. The van der Waals surface area contributed by atoms with Gasteiger partial charge in [-0.1, -0.05) is 13.8 Å². The molecule has 2 aromatic heterocycles. The van der Waals surface area contributed by atoms with Crippen LogP contribution in [0.25, 0.3) is 10.2 Å². The SMILES string of the molecule is CC(C)CNC(=O)c1cc2c(CNC(=O)C3CC(F)(F)C3)nn(C)c2s1. The van der Waals surface area contributed by atoms with E-state index >= 15 is 0 Å². The van der Waals surface area contributed by atoms with Crippen LogP contribution < -0.4 is 10.6 Å². The molecule has 1 aliphatic carbocycles. The van der Waals surface area contributed by atoms with Crippen LogP contribution in [0, 0.1) is 11.8 Å². The lowest BCUT2D eigenvalue weighted by atomic mass is 9.81. The van der Waals surface area contributed by atoms with Crippen molar-refractivity contribution in [2.24, 2.45) is 18.9 Å². The second kappa shape index (κ2) is 6.94. The van der Waals surface area contributed by atoms with E-state index in [4.69, 9.17) is 0 Å². The largest absolute Gasteiger partial charge is 0.351 e. The lowest BCUT2D eigenvalue weighted by Crippen LogP contribution is -2.44. The number of carbonyl (C=O) groups excluding carboxylic acids is 2. The van der Waals surface area contributed by atoms with Gasteiger partial charge in [0, 0.05) is 37.7 Å². The Balaban J connectivity index is 1.67. The molecule has 9 heteroatoms.